The predicted molar refractivity (Wildman–Crippen MR) is 78.4 cm³/mol. The zero-order chi connectivity index (χ0) is 14.9. The summed E-state index contributed by atoms with van der Waals surface area (Å²) in [6, 6.07) is 0. The number of carbonyl (C=O) groups is 1. The van der Waals surface area contributed by atoms with E-state index in [1.165, 1.54) is 0 Å². The number of hydrogen-bond donors (Lipinski definition) is 1. The fourth-order valence-electron chi connectivity index (χ4n) is 1.35. The van der Waals surface area contributed by atoms with E-state index in [9.17, 15) is 4.79 Å². The largest absolute Gasteiger partial charge is 0.379 e. The lowest BCUT2D eigenvalue weighted by Gasteiger charge is -2.06. The Morgan fingerprint density at radius 1 is 1.05 bits per heavy atom. The van der Waals surface area contributed by atoms with Crippen LogP contribution in [0.2, 0.25) is 0 Å². The van der Waals surface area contributed by atoms with Crippen molar-refractivity contribution in [1.29, 1.82) is 0 Å². The fraction of sp³-hybridized carbons (Fsp3) is 0.800. The standard InChI is InChI=1S/C15H27NO4/c1-3-5-10-19-12-8-16-15(17)7-6-11-20-14-13-18-9-4-2/h4,6-14H2,1-2H3,(H,16,17). The predicted octanol–water partition coefficient (Wildman–Crippen LogP) is 1.37. The van der Waals surface area contributed by atoms with Gasteiger partial charge in [0.25, 0.3) is 0 Å². The van der Waals surface area contributed by atoms with E-state index >= 15 is 0 Å². The molecule has 0 radical (unpaired) electrons. The molecule has 0 fully saturated rings. The summed E-state index contributed by atoms with van der Waals surface area (Å²) in [7, 11) is 0. The summed E-state index contributed by atoms with van der Waals surface area (Å²) in [5.41, 5.74) is 0. The molecular weight excluding hydrogens is 258 g/mol. The molecule has 0 spiro atoms. The van der Waals surface area contributed by atoms with Crippen LogP contribution in [-0.2, 0) is 19.0 Å². The van der Waals surface area contributed by atoms with Crippen molar-refractivity contribution >= 4 is 5.91 Å². The summed E-state index contributed by atoms with van der Waals surface area (Å²) < 4.78 is 15.8. The second-order valence-electron chi connectivity index (χ2n) is 4.16. The first kappa shape index (κ1) is 18.9. The Kier molecular flexibility index (Phi) is 15.1. The van der Waals surface area contributed by atoms with E-state index in [-0.39, 0.29) is 5.91 Å². The summed E-state index contributed by atoms with van der Waals surface area (Å²) in [5.74, 6) is 5.56. The molecule has 0 rings (SSSR count). The minimum absolute atomic E-state index is 0.0287. The van der Waals surface area contributed by atoms with Crippen molar-refractivity contribution in [3.63, 3.8) is 0 Å². The Labute approximate surface area is 122 Å². The van der Waals surface area contributed by atoms with Crippen LogP contribution in [-0.4, -0.2) is 52.1 Å². The SMILES string of the molecule is CC#CCOCCNC(=O)CCCOCCOCCC. The topological polar surface area (TPSA) is 56.8 Å². The van der Waals surface area contributed by atoms with Gasteiger partial charge in [-0.1, -0.05) is 12.8 Å². The third kappa shape index (κ3) is 15.0. The Hall–Kier alpha value is -1.09. The number of nitrogens with one attached hydrogen (secondary N) is 1. The molecule has 0 bridgehead atoms. The quantitative estimate of drug-likeness (QED) is 0.410. The average molecular weight is 285 g/mol. The lowest BCUT2D eigenvalue weighted by Crippen LogP contribution is -2.27. The van der Waals surface area contributed by atoms with Crippen LogP contribution in [0, 0.1) is 11.8 Å². The van der Waals surface area contributed by atoms with E-state index in [1.54, 1.807) is 6.92 Å². The van der Waals surface area contributed by atoms with Crippen LogP contribution < -0.4 is 5.32 Å². The molecule has 0 aliphatic rings. The van der Waals surface area contributed by atoms with E-state index in [0.717, 1.165) is 19.4 Å². The normalized spacial score (nSPS) is 9.90. The summed E-state index contributed by atoms with van der Waals surface area (Å²) in [6.45, 7) is 7.85. The number of amides is 1. The summed E-state index contributed by atoms with van der Waals surface area (Å²) >= 11 is 0. The Morgan fingerprint density at radius 2 is 1.80 bits per heavy atom. The van der Waals surface area contributed by atoms with Crippen molar-refractivity contribution in [2.75, 3.05) is 46.2 Å². The molecule has 20 heavy (non-hydrogen) atoms. The highest BCUT2D eigenvalue weighted by molar-refractivity contribution is 5.75. The number of ether oxygens (including phenoxy) is 3. The highest BCUT2D eigenvalue weighted by Crippen LogP contribution is 1.91. The van der Waals surface area contributed by atoms with E-state index in [0.29, 0.717) is 46.0 Å². The first-order chi connectivity index (χ1) is 9.81. The molecule has 0 saturated carbocycles. The third-order valence-corrected chi connectivity index (χ3v) is 2.33. The van der Waals surface area contributed by atoms with Gasteiger partial charge >= 0.3 is 0 Å². The Morgan fingerprint density at radius 3 is 2.50 bits per heavy atom. The van der Waals surface area contributed by atoms with Crippen molar-refractivity contribution < 1.29 is 19.0 Å². The highest BCUT2D eigenvalue weighted by Gasteiger charge is 2.00. The van der Waals surface area contributed by atoms with E-state index in [1.807, 2.05) is 0 Å². The van der Waals surface area contributed by atoms with Gasteiger partial charge in [-0.25, -0.2) is 0 Å². The first-order valence-corrected chi connectivity index (χ1v) is 7.20. The highest BCUT2D eigenvalue weighted by atomic mass is 16.5. The van der Waals surface area contributed by atoms with Crippen LogP contribution in [0.15, 0.2) is 0 Å². The maximum Gasteiger partial charge on any atom is 0.220 e. The molecule has 0 aliphatic heterocycles. The Bertz CT molecular complexity index is 283. The zero-order valence-electron chi connectivity index (χ0n) is 12.7. The van der Waals surface area contributed by atoms with Crippen molar-refractivity contribution in [1.82, 2.24) is 5.32 Å². The first-order valence-electron chi connectivity index (χ1n) is 7.20. The average Bonchev–Trinajstić information content (AvgIpc) is 2.45. The van der Waals surface area contributed by atoms with Crippen molar-refractivity contribution in [2.24, 2.45) is 0 Å². The van der Waals surface area contributed by atoms with Crippen LogP contribution >= 0.6 is 0 Å². The second kappa shape index (κ2) is 16.0. The van der Waals surface area contributed by atoms with Crippen LogP contribution in [0.4, 0.5) is 0 Å². The molecule has 0 saturated heterocycles. The minimum atomic E-state index is 0.0287. The van der Waals surface area contributed by atoms with E-state index < -0.39 is 0 Å². The van der Waals surface area contributed by atoms with Crippen LogP contribution in [0.1, 0.15) is 33.1 Å². The molecule has 1 amide bonds. The summed E-state index contributed by atoms with van der Waals surface area (Å²) in [4.78, 5) is 11.4. The zero-order valence-corrected chi connectivity index (χ0v) is 12.7. The maximum absolute atomic E-state index is 11.4. The molecule has 116 valence electrons. The van der Waals surface area contributed by atoms with Gasteiger partial charge in [-0.3, -0.25) is 4.79 Å². The van der Waals surface area contributed by atoms with Gasteiger partial charge in [-0.2, -0.15) is 0 Å². The van der Waals surface area contributed by atoms with Crippen LogP contribution in [0.25, 0.3) is 0 Å². The van der Waals surface area contributed by atoms with Gasteiger partial charge in [0, 0.05) is 26.2 Å². The molecular formula is C15H27NO4. The van der Waals surface area contributed by atoms with Crippen LogP contribution in [0.5, 0.6) is 0 Å². The minimum Gasteiger partial charge on any atom is -0.379 e. The molecule has 0 atom stereocenters. The van der Waals surface area contributed by atoms with E-state index in [4.69, 9.17) is 14.2 Å². The van der Waals surface area contributed by atoms with Gasteiger partial charge < -0.3 is 19.5 Å². The Balaban J connectivity index is 3.17. The molecule has 0 heterocycles. The molecule has 5 nitrogen and oxygen atoms in total. The van der Waals surface area contributed by atoms with Gasteiger partial charge in [0.05, 0.1) is 19.8 Å². The fourth-order valence-corrected chi connectivity index (χ4v) is 1.35. The molecule has 1 N–H and O–H groups in total. The number of hydrogen-bond acceptors (Lipinski definition) is 4. The van der Waals surface area contributed by atoms with Crippen LogP contribution in [0.3, 0.4) is 0 Å². The molecule has 0 unspecified atom stereocenters. The van der Waals surface area contributed by atoms with Gasteiger partial charge in [-0.05, 0) is 19.8 Å². The number of carbonyl (C=O) groups excluding carboxylic acids is 1. The molecule has 0 aromatic heterocycles. The molecule has 0 aromatic rings. The van der Waals surface area contributed by atoms with Crippen molar-refractivity contribution in [2.45, 2.75) is 33.1 Å². The molecule has 0 aliphatic carbocycles. The second-order valence-corrected chi connectivity index (χ2v) is 4.16. The van der Waals surface area contributed by atoms with E-state index in [2.05, 4.69) is 24.1 Å². The van der Waals surface area contributed by atoms with Crippen molar-refractivity contribution in [3.8, 4) is 11.8 Å². The summed E-state index contributed by atoms with van der Waals surface area (Å²) in [5, 5.41) is 2.79. The molecule has 0 aromatic carbocycles. The number of rotatable bonds is 13. The third-order valence-electron chi connectivity index (χ3n) is 2.33. The van der Waals surface area contributed by atoms with Gasteiger partial charge in [-0.15, -0.1) is 5.92 Å². The molecule has 5 heteroatoms. The summed E-state index contributed by atoms with van der Waals surface area (Å²) in [6.07, 6.45) is 2.22. The smallest absolute Gasteiger partial charge is 0.220 e. The lowest BCUT2D eigenvalue weighted by atomic mass is 10.3. The van der Waals surface area contributed by atoms with Gasteiger partial charge in [0.15, 0.2) is 0 Å². The lowest BCUT2D eigenvalue weighted by molar-refractivity contribution is -0.121. The maximum atomic E-state index is 11.4. The van der Waals surface area contributed by atoms with Gasteiger partial charge in [0.1, 0.15) is 6.61 Å². The van der Waals surface area contributed by atoms with Crippen molar-refractivity contribution in [3.05, 3.63) is 0 Å². The monoisotopic (exact) mass is 285 g/mol. The van der Waals surface area contributed by atoms with Gasteiger partial charge in [0.2, 0.25) is 5.91 Å².